The number of aliphatic carboxylic acids is 1. The van der Waals surface area contributed by atoms with Crippen molar-refractivity contribution in [3.63, 3.8) is 0 Å². The highest BCUT2D eigenvalue weighted by Gasteiger charge is 2.48. The highest BCUT2D eigenvalue weighted by molar-refractivity contribution is 5.89. The van der Waals surface area contributed by atoms with Gasteiger partial charge < -0.3 is 14.8 Å². The minimum Gasteiger partial charge on any atom is -0.481 e. The third-order valence-electron chi connectivity index (χ3n) is 3.86. The van der Waals surface area contributed by atoms with Crippen LogP contribution in [0, 0.1) is 24.6 Å². The fraction of sp³-hybridized carbons (Fsp3) is 0.333. The second-order valence-corrected chi connectivity index (χ2v) is 5.30. The summed E-state index contributed by atoms with van der Waals surface area (Å²) in [5.74, 6) is -2.04. The molecule has 0 unspecified atom stereocenters. The summed E-state index contributed by atoms with van der Waals surface area (Å²) in [6, 6.07) is 4.25. The summed E-state index contributed by atoms with van der Waals surface area (Å²) in [5.41, 5.74) is 1.34. The topological polar surface area (TPSA) is 79.5 Å². The molecule has 0 radical (unpaired) electrons. The number of benzene rings is 1. The van der Waals surface area contributed by atoms with E-state index in [1.807, 2.05) is 0 Å². The predicted octanol–water partition coefficient (Wildman–Crippen LogP) is 2.22. The molecule has 6 heteroatoms. The number of fused-ring (bicyclic) bond motifs is 1. The van der Waals surface area contributed by atoms with Crippen molar-refractivity contribution in [1.29, 1.82) is 0 Å². The van der Waals surface area contributed by atoms with Crippen LogP contribution in [0.25, 0.3) is 11.0 Å². The lowest BCUT2D eigenvalue weighted by Gasteiger charge is -2.02. The Labute approximate surface area is 119 Å². The largest absolute Gasteiger partial charge is 0.481 e. The van der Waals surface area contributed by atoms with Gasteiger partial charge in [-0.1, -0.05) is 0 Å². The average Bonchev–Trinajstić information content (AvgIpc) is 3.19. The maximum atomic E-state index is 13.2. The third-order valence-corrected chi connectivity index (χ3v) is 3.86. The first-order valence-corrected chi connectivity index (χ1v) is 6.65. The van der Waals surface area contributed by atoms with E-state index in [1.54, 1.807) is 13.0 Å². The highest BCUT2D eigenvalue weighted by Crippen LogP contribution is 2.38. The van der Waals surface area contributed by atoms with Crippen molar-refractivity contribution in [2.24, 2.45) is 11.8 Å². The van der Waals surface area contributed by atoms with Crippen molar-refractivity contribution in [3.05, 3.63) is 35.3 Å². The summed E-state index contributed by atoms with van der Waals surface area (Å²) in [6.07, 6.45) is 0.380. The number of rotatable bonds is 4. The predicted molar refractivity (Wildman–Crippen MR) is 72.0 cm³/mol. The molecule has 5 nitrogen and oxygen atoms in total. The van der Waals surface area contributed by atoms with E-state index in [4.69, 9.17) is 9.52 Å². The first-order chi connectivity index (χ1) is 9.97. The lowest BCUT2D eigenvalue weighted by molar-refractivity contribution is -0.140. The molecule has 1 heterocycles. The van der Waals surface area contributed by atoms with E-state index in [0.29, 0.717) is 23.2 Å². The number of hydrogen-bond acceptors (Lipinski definition) is 3. The van der Waals surface area contributed by atoms with Crippen LogP contribution in [0.1, 0.15) is 17.7 Å². The van der Waals surface area contributed by atoms with Gasteiger partial charge >= 0.3 is 5.97 Å². The quantitative estimate of drug-likeness (QED) is 0.905. The molecule has 3 rings (SSSR count). The van der Waals surface area contributed by atoms with Gasteiger partial charge in [-0.05, 0) is 31.5 Å². The molecule has 1 fully saturated rings. The van der Waals surface area contributed by atoms with Crippen LogP contribution < -0.4 is 5.32 Å². The molecular formula is C15H14FNO4. The average molecular weight is 291 g/mol. The number of halogens is 1. The van der Waals surface area contributed by atoms with Crippen LogP contribution >= 0.6 is 0 Å². The molecule has 1 amide bonds. The molecule has 0 spiro atoms. The van der Waals surface area contributed by atoms with Gasteiger partial charge in [-0.3, -0.25) is 9.59 Å². The Hall–Kier alpha value is -2.37. The number of aryl methyl sites for hydroxylation is 1. The van der Waals surface area contributed by atoms with E-state index in [-0.39, 0.29) is 18.3 Å². The van der Waals surface area contributed by atoms with Gasteiger partial charge in [-0.15, -0.1) is 0 Å². The lowest BCUT2D eigenvalue weighted by Crippen LogP contribution is -2.26. The Bertz CT molecular complexity index is 737. The normalized spacial score (nSPS) is 20.5. The third kappa shape index (κ3) is 2.49. The second kappa shape index (κ2) is 4.87. The van der Waals surface area contributed by atoms with E-state index < -0.39 is 17.8 Å². The number of carboxylic acids is 1. The van der Waals surface area contributed by atoms with Gasteiger partial charge in [-0.2, -0.15) is 0 Å². The van der Waals surface area contributed by atoms with Crippen molar-refractivity contribution >= 4 is 22.8 Å². The molecule has 0 aliphatic heterocycles. The second-order valence-electron chi connectivity index (χ2n) is 5.30. The minimum atomic E-state index is -0.939. The van der Waals surface area contributed by atoms with Crippen LogP contribution in [0.15, 0.2) is 22.6 Å². The van der Waals surface area contributed by atoms with Crippen molar-refractivity contribution in [1.82, 2.24) is 5.32 Å². The van der Waals surface area contributed by atoms with Gasteiger partial charge in [0.15, 0.2) is 0 Å². The van der Waals surface area contributed by atoms with Gasteiger partial charge in [-0.25, -0.2) is 4.39 Å². The van der Waals surface area contributed by atoms with E-state index >= 15 is 0 Å². The zero-order valence-electron chi connectivity index (χ0n) is 11.4. The molecule has 2 atom stereocenters. The molecule has 1 aromatic carbocycles. The first-order valence-electron chi connectivity index (χ1n) is 6.65. The van der Waals surface area contributed by atoms with Crippen LogP contribution in [0.3, 0.4) is 0 Å². The number of carboxylic acid groups (broad SMARTS) is 1. The van der Waals surface area contributed by atoms with Gasteiger partial charge in [0.2, 0.25) is 5.91 Å². The van der Waals surface area contributed by atoms with Crippen molar-refractivity contribution < 1.29 is 23.5 Å². The molecule has 1 saturated carbocycles. The zero-order valence-corrected chi connectivity index (χ0v) is 11.4. The van der Waals surface area contributed by atoms with Crippen LogP contribution in [-0.4, -0.2) is 17.0 Å². The Morgan fingerprint density at radius 1 is 1.43 bits per heavy atom. The molecule has 2 N–H and O–H groups in total. The number of nitrogens with one attached hydrogen (secondary N) is 1. The fourth-order valence-corrected chi connectivity index (χ4v) is 2.47. The molecule has 21 heavy (non-hydrogen) atoms. The van der Waals surface area contributed by atoms with Crippen LogP contribution in [0.4, 0.5) is 4.39 Å². The van der Waals surface area contributed by atoms with Gasteiger partial charge in [0.05, 0.1) is 18.4 Å². The Kier molecular flexibility index (Phi) is 3.16. The lowest BCUT2D eigenvalue weighted by atomic mass is 10.1. The van der Waals surface area contributed by atoms with Gasteiger partial charge in [0.25, 0.3) is 0 Å². The monoisotopic (exact) mass is 291 g/mol. The zero-order chi connectivity index (χ0) is 15.1. The summed E-state index contributed by atoms with van der Waals surface area (Å²) in [4.78, 5) is 22.5. The summed E-state index contributed by atoms with van der Waals surface area (Å²) in [7, 11) is 0. The summed E-state index contributed by atoms with van der Waals surface area (Å²) in [6.45, 7) is 1.97. The fourth-order valence-electron chi connectivity index (χ4n) is 2.47. The Morgan fingerprint density at radius 2 is 2.19 bits per heavy atom. The Balaban J connectivity index is 1.70. The Morgan fingerprint density at radius 3 is 2.86 bits per heavy atom. The highest BCUT2D eigenvalue weighted by atomic mass is 19.1. The summed E-state index contributed by atoms with van der Waals surface area (Å²) in [5, 5.41) is 12.1. The van der Waals surface area contributed by atoms with Gasteiger partial charge in [0, 0.05) is 10.9 Å². The molecule has 1 aliphatic carbocycles. The first kappa shape index (κ1) is 13.6. The standard InChI is InChI=1S/C15H14FNO4/c1-7-9-4-8(16)2-3-12(9)21-13(7)6-17-14(18)10-5-11(10)15(19)20/h2-4,10-11H,5-6H2,1H3,(H,17,18)(H,19,20)/t10-,11-/m1/s1. The van der Waals surface area contributed by atoms with Crippen LogP contribution in [-0.2, 0) is 16.1 Å². The smallest absolute Gasteiger partial charge is 0.307 e. The maximum Gasteiger partial charge on any atom is 0.307 e. The summed E-state index contributed by atoms with van der Waals surface area (Å²) < 4.78 is 18.8. The molecule has 0 bridgehead atoms. The van der Waals surface area contributed by atoms with Crippen molar-refractivity contribution in [3.8, 4) is 0 Å². The number of carbonyl (C=O) groups excluding carboxylic acids is 1. The van der Waals surface area contributed by atoms with E-state index in [9.17, 15) is 14.0 Å². The molecule has 0 saturated heterocycles. The van der Waals surface area contributed by atoms with Crippen LogP contribution in [0.5, 0.6) is 0 Å². The summed E-state index contributed by atoms with van der Waals surface area (Å²) >= 11 is 0. The van der Waals surface area contributed by atoms with Crippen molar-refractivity contribution in [2.45, 2.75) is 19.9 Å². The minimum absolute atomic E-state index is 0.170. The molecule has 2 aromatic rings. The SMILES string of the molecule is Cc1c(CNC(=O)[C@@H]2C[C@H]2C(=O)O)oc2ccc(F)cc12. The van der Waals surface area contributed by atoms with Crippen molar-refractivity contribution in [2.75, 3.05) is 0 Å². The molecular weight excluding hydrogens is 277 g/mol. The number of furan rings is 1. The van der Waals surface area contributed by atoms with E-state index in [0.717, 1.165) is 5.56 Å². The molecule has 1 aromatic heterocycles. The van der Waals surface area contributed by atoms with E-state index in [1.165, 1.54) is 12.1 Å². The van der Waals surface area contributed by atoms with E-state index in [2.05, 4.69) is 5.32 Å². The number of carbonyl (C=O) groups is 2. The molecule has 110 valence electrons. The molecule has 1 aliphatic rings. The number of hydrogen-bond donors (Lipinski definition) is 2. The van der Waals surface area contributed by atoms with Crippen LogP contribution in [0.2, 0.25) is 0 Å². The number of amides is 1. The maximum absolute atomic E-state index is 13.2. The van der Waals surface area contributed by atoms with Gasteiger partial charge in [0.1, 0.15) is 17.2 Å².